The first-order chi connectivity index (χ1) is 13.7. The van der Waals surface area contributed by atoms with Gasteiger partial charge in [0.05, 0.1) is 16.9 Å². The number of nitrogens with one attached hydrogen (secondary N) is 2. The Hall–Kier alpha value is -3.25. The Morgan fingerprint density at radius 2 is 1.38 bits per heavy atom. The van der Waals surface area contributed by atoms with Crippen LogP contribution in [0.3, 0.4) is 0 Å². The molecule has 29 heavy (non-hydrogen) atoms. The van der Waals surface area contributed by atoms with E-state index in [2.05, 4.69) is 19.4 Å². The van der Waals surface area contributed by atoms with Crippen LogP contribution in [0.5, 0.6) is 5.88 Å². The Balaban J connectivity index is 1.77. The lowest BCUT2D eigenvalue weighted by molar-refractivity contribution is 0.397. The van der Waals surface area contributed by atoms with Crippen molar-refractivity contribution in [2.75, 3.05) is 16.6 Å². The average molecular weight is 438 g/mol. The minimum absolute atomic E-state index is 0.0120. The standard InChI is InChI=1S/C17H15FN4O5S2/c1-27-17-10-16(19-11-20-17)22-29(25,26)15-8-4-13(5-9-15)21-28(23,24)14-6-2-12(18)3-7-14/h2-11,21H,1H3,(H,19,20,22). The number of aromatic nitrogens is 2. The van der Waals surface area contributed by atoms with E-state index in [4.69, 9.17) is 4.74 Å². The molecule has 0 aliphatic carbocycles. The Morgan fingerprint density at radius 3 is 1.97 bits per heavy atom. The summed E-state index contributed by atoms with van der Waals surface area (Å²) in [4.78, 5) is 7.35. The lowest BCUT2D eigenvalue weighted by Crippen LogP contribution is -2.15. The van der Waals surface area contributed by atoms with Crippen LogP contribution in [0.25, 0.3) is 0 Å². The summed E-state index contributed by atoms with van der Waals surface area (Å²) < 4.78 is 72.0. The maximum Gasteiger partial charge on any atom is 0.263 e. The summed E-state index contributed by atoms with van der Waals surface area (Å²) in [5.74, 6) is -0.367. The van der Waals surface area contributed by atoms with Crippen LogP contribution in [0, 0.1) is 5.82 Å². The molecule has 0 saturated carbocycles. The highest BCUT2D eigenvalue weighted by molar-refractivity contribution is 7.93. The molecule has 0 aliphatic rings. The largest absolute Gasteiger partial charge is 0.481 e. The lowest BCUT2D eigenvalue weighted by Gasteiger charge is -2.10. The van der Waals surface area contributed by atoms with Crippen molar-refractivity contribution in [3.63, 3.8) is 0 Å². The van der Waals surface area contributed by atoms with Gasteiger partial charge in [-0.1, -0.05) is 0 Å². The van der Waals surface area contributed by atoms with Crippen molar-refractivity contribution in [1.29, 1.82) is 0 Å². The summed E-state index contributed by atoms with van der Waals surface area (Å²) in [5.41, 5.74) is 0.136. The van der Waals surface area contributed by atoms with Gasteiger partial charge in [0.25, 0.3) is 20.0 Å². The molecular weight excluding hydrogens is 423 g/mol. The number of rotatable bonds is 7. The fraction of sp³-hybridized carbons (Fsp3) is 0.0588. The fourth-order valence-electron chi connectivity index (χ4n) is 2.23. The van der Waals surface area contributed by atoms with Gasteiger partial charge < -0.3 is 4.74 Å². The third kappa shape index (κ3) is 4.97. The molecule has 0 amide bonds. The van der Waals surface area contributed by atoms with Gasteiger partial charge in [0.15, 0.2) is 0 Å². The van der Waals surface area contributed by atoms with Gasteiger partial charge in [0, 0.05) is 11.8 Å². The Labute approximate surface area is 166 Å². The van der Waals surface area contributed by atoms with E-state index in [1.54, 1.807) is 0 Å². The number of methoxy groups -OCH3 is 1. The second-order valence-electron chi connectivity index (χ2n) is 5.63. The molecule has 2 aromatic carbocycles. The Bertz CT molecular complexity index is 1220. The summed E-state index contributed by atoms with van der Waals surface area (Å²) in [6.07, 6.45) is 1.14. The predicted octanol–water partition coefficient (Wildman–Crippen LogP) is 2.23. The molecule has 12 heteroatoms. The first kappa shape index (κ1) is 20.5. The molecule has 152 valence electrons. The van der Waals surface area contributed by atoms with Gasteiger partial charge in [-0.25, -0.2) is 31.2 Å². The molecule has 2 N–H and O–H groups in total. The molecule has 1 heterocycles. The molecule has 9 nitrogen and oxygen atoms in total. The van der Waals surface area contributed by atoms with Crippen molar-refractivity contribution in [1.82, 2.24) is 9.97 Å². The highest BCUT2D eigenvalue weighted by Crippen LogP contribution is 2.21. The fourth-order valence-corrected chi connectivity index (χ4v) is 4.29. The molecule has 3 rings (SSSR count). The van der Waals surface area contributed by atoms with E-state index in [0.29, 0.717) is 0 Å². The number of nitrogens with zero attached hydrogens (tertiary/aromatic N) is 2. The van der Waals surface area contributed by atoms with Crippen LogP contribution in [0.4, 0.5) is 15.9 Å². The van der Waals surface area contributed by atoms with Gasteiger partial charge in [0.2, 0.25) is 5.88 Å². The first-order valence-corrected chi connectivity index (χ1v) is 10.9. The monoisotopic (exact) mass is 438 g/mol. The Kier molecular flexibility index (Phi) is 5.66. The summed E-state index contributed by atoms with van der Waals surface area (Å²) in [7, 11) is -6.54. The van der Waals surface area contributed by atoms with Gasteiger partial charge in [0.1, 0.15) is 18.0 Å². The van der Waals surface area contributed by atoms with Crippen LogP contribution in [0.15, 0.2) is 70.7 Å². The smallest absolute Gasteiger partial charge is 0.263 e. The van der Waals surface area contributed by atoms with Gasteiger partial charge in [-0.05, 0) is 48.5 Å². The molecule has 3 aromatic rings. The van der Waals surface area contributed by atoms with E-state index < -0.39 is 25.9 Å². The van der Waals surface area contributed by atoms with Crippen LogP contribution in [-0.2, 0) is 20.0 Å². The average Bonchev–Trinajstić information content (AvgIpc) is 2.68. The van der Waals surface area contributed by atoms with Gasteiger partial charge in [-0.2, -0.15) is 0 Å². The van der Waals surface area contributed by atoms with Crippen LogP contribution >= 0.6 is 0 Å². The second kappa shape index (κ2) is 8.01. The maximum atomic E-state index is 13.0. The third-order valence-corrected chi connectivity index (χ3v) is 6.40. The molecule has 1 aromatic heterocycles. The van der Waals surface area contributed by atoms with Crippen molar-refractivity contribution in [2.24, 2.45) is 0 Å². The van der Waals surface area contributed by atoms with Gasteiger partial charge in [-0.15, -0.1) is 0 Å². The van der Waals surface area contributed by atoms with Gasteiger partial charge in [-0.3, -0.25) is 9.44 Å². The van der Waals surface area contributed by atoms with E-state index in [1.165, 1.54) is 37.4 Å². The van der Waals surface area contributed by atoms with Crippen molar-refractivity contribution in [2.45, 2.75) is 9.79 Å². The zero-order valence-corrected chi connectivity index (χ0v) is 16.5. The van der Waals surface area contributed by atoms with Gasteiger partial charge >= 0.3 is 0 Å². The molecule has 0 unspecified atom stereocenters. The van der Waals surface area contributed by atoms with Crippen LogP contribution < -0.4 is 14.2 Å². The van der Waals surface area contributed by atoms with Crippen LogP contribution in [0.1, 0.15) is 0 Å². The minimum Gasteiger partial charge on any atom is -0.481 e. The number of ether oxygens (including phenoxy) is 1. The normalized spacial score (nSPS) is 11.7. The van der Waals surface area contributed by atoms with E-state index in [0.717, 1.165) is 30.6 Å². The molecular formula is C17H15FN4O5S2. The molecule has 0 radical (unpaired) electrons. The zero-order chi connectivity index (χ0) is 21.1. The summed E-state index contributed by atoms with van der Waals surface area (Å²) in [6.45, 7) is 0. The number of hydrogen-bond donors (Lipinski definition) is 2. The molecule has 0 fully saturated rings. The highest BCUT2D eigenvalue weighted by atomic mass is 32.2. The summed E-state index contributed by atoms with van der Waals surface area (Å²) in [6, 6.07) is 10.6. The SMILES string of the molecule is COc1cc(NS(=O)(=O)c2ccc(NS(=O)(=O)c3ccc(F)cc3)cc2)ncn1. The number of hydrogen-bond acceptors (Lipinski definition) is 7. The van der Waals surface area contributed by atoms with E-state index in [-0.39, 0.29) is 27.2 Å². The number of anilines is 2. The van der Waals surface area contributed by atoms with E-state index >= 15 is 0 Å². The number of sulfonamides is 2. The molecule has 0 saturated heterocycles. The molecule has 0 bridgehead atoms. The highest BCUT2D eigenvalue weighted by Gasteiger charge is 2.17. The maximum absolute atomic E-state index is 13.0. The van der Waals surface area contributed by atoms with E-state index in [1.807, 2.05) is 0 Å². The topological polar surface area (TPSA) is 127 Å². The number of halogens is 1. The molecule has 0 aliphatic heterocycles. The second-order valence-corrected chi connectivity index (χ2v) is 9.00. The molecule has 0 spiro atoms. The third-order valence-electron chi connectivity index (χ3n) is 3.63. The quantitative estimate of drug-likeness (QED) is 0.579. The van der Waals surface area contributed by atoms with E-state index in [9.17, 15) is 21.2 Å². The van der Waals surface area contributed by atoms with Crippen molar-refractivity contribution >= 4 is 31.6 Å². The van der Waals surface area contributed by atoms with Crippen molar-refractivity contribution < 1.29 is 26.0 Å². The predicted molar refractivity (Wildman–Crippen MR) is 103 cm³/mol. The summed E-state index contributed by atoms with van der Waals surface area (Å²) >= 11 is 0. The van der Waals surface area contributed by atoms with Crippen LogP contribution in [0.2, 0.25) is 0 Å². The lowest BCUT2D eigenvalue weighted by atomic mass is 10.3. The minimum atomic E-state index is -3.97. The summed E-state index contributed by atoms with van der Waals surface area (Å²) in [5, 5.41) is 0. The van der Waals surface area contributed by atoms with Crippen molar-refractivity contribution in [3.8, 4) is 5.88 Å². The molecule has 0 atom stereocenters. The van der Waals surface area contributed by atoms with Crippen LogP contribution in [-0.4, -0.2) is 33.9 Å². The first-order valence-electron chi connectivity index (χ1n) is 7.97. The van der Waals surface area contributed by atoms with Crippen molar-refractivity contribution in [3.05, 3.63) is 66.7 Å². The zero-order valence-electron chi connectivity index (χ0n) is 14.9. The Morgan fingerprint density at radius 1 is 0.828 bits per heavy atom. The number of benzene rings is 2.